The van der Waals surface area contributed by atoms with Gasteiger partial charge in [0, 0.05) is 6.07 Å². The number of ether oxygens (including phenoxy) is 1. The number of rotatable bonds is 7. The standard InChI is InChI=1S/C20H19F3N2O4/c1-11(2)18(25-19(27)13-5-3-4-6-14(13)22)20(28)29-10-17(26)24-16-8-7-12(21)9-15(16)23/h3-9,11,18H,10H2,1-2H3,(H,24,26)(H,25,27)/t18-/m0/s1. The average molecular weight is 408 g/mol. The SMILES string of the molecule is CC(C)[C@H](NC(=O)c1ccccc1F)C(=O)OCC(=O)Nc1ccc(F)cc1F. The second-order valence-electron chi connectivity index (χ2n) is 6.46. The van der Waals surface area contributed by atoms with Gasteiger partial charge < -0.3 is 15.4 Å². The van der Waals surface area contributed by atoms with Gasteiger partial charge in [-0.15, -0.1) is 0 Å². The van der Waals surface area contributed by atoms with Crippen LogP contribution in [-0.2, 0) is 14.3 Å². The van der Waals surface area contributed by atoms with Crippen LogP contribution in [0.15, 0.2) is 42.5 Å². The van der Waals surface area contributed by atoms with Gasteiger partial charge in [0.15, 0.2) is 6.61 Å². The summed E-state index contributed by atoms with van der Waals surface area (Å²) in [6.07, 6.45) is 0. The average Bonchev–Trinajstić information content (AvgIpc) is 2.66. The first kappa shape index (κ1) is 21.9. The monoisotopic (exact) mass is 408 g/mol. The molecule has 29 heavy (non-hydrogen) atoms. The fourth-order valence-corrected chi connectivity index (χ4v) is 2.37. The Labute approximate surface area is 165 Å². The first-order valence-corrected chi connectivity index (χ1v) is 8.66. The molecule has 2 aromatic carbocycles. The quantitative estimate of drug-likeness (QED) is 0.690. The molecule has 6 nitrogen and oxygen atoms in total. The normalized spacial score (nSPS) is 11.7. The van der Waals surface area contributed by atoms with Gasteiger partial charge in [0.1, 0.15) is 23.5 Å². The Hall–Kier alpha value is -3.36. The lowest BCUT2D eigenvalue weighted by Gasteiger charge is -2.21. The van der Waals surface area contributed by atoms with Crippen molar-refractivity contribution in [2.75, 3.05) is 11.9 Å². The first-order chi connectivity index (χ1) is 13.7. The molecule has 2 N–H and O–H groups in total. The van der Waals surface area contributed by atoms with Gasteiger partial charge in [-0.05, 0) is 30.2 Å². The third-order valence-electron chi connectivity index (χ3n) is 3.88. The minimum atomic E-state index is -1.14. The van der Waals surface area contributed by atoms with E-state index < -0.39 is 53.8 Å². The van der Waals surface area contributed by atoms with E-state index in [1.165, 1.54) is 18.2 Å². The van der Waals surface area contributed by atoms with Gasteiger partial charge in [0.25, 0.3) is 11.8 Å². The highest BCUT2D eigenvalue weighted by Crippen LogP contribution is 2.15. The van der Waals surface area contributed by atoms with Gasteiger partial charge in [-0.25, -0.2) is 18.0 Å². The molecule has 0 saturated heterocycles. The van der Waals surface area contributed by atoms with E-state index in [4.69, 9.17) is 4.74 Å². The fraction of sp³-hybridized carbons (Fsp3) is 0.250. The molecule has 0 aromatic heterocycles. The molecule has 0 unspecified atom stereocenters. The van der Waals surface area contributed by atoms with E-state index in [0.29, 0.717) is 6.07 Å². The largest absolute Gasteiger partial charge is 0.454 e. The van der Waals surface area contributed by atoms with Crippen LogP contribution in [0.5, 0.6) is 0 Å². The van der Waals surface area contributed by atoms with Crippen LogP contribution in [-0.4, -0.2) is 30.4 Å². The van der Waals surface area contributed by atoms with Crippen LogP contribution in [0.2, 0.25) is 0 Å². The lowest BCUT2D eigenvalue weighted by atomic mass is 10.0. The van der Waals surface area contributed by atoms with Crippen molar-refractivity contribution in [1.82, 2.24) is 5.32 Å². The second kappa shape index (κ2) is 9.72. The summed E-state index contributed by atoms with van der Waals surface area (Å²) < 4.78 is 45.0. The molecule has 0 fully saturated rings. The van der Waals surface area contributed by atoms with Gasteiger partial charge in [-0.2, -0.15) is 0 Å². The third kappa shape index (κ3) is 6.06. The highest BCUT2D eigenvalue weighted by Gasteiger charge is 2.27. The molecule has 0 aliphatic heterocycles. The third-order valence-corrected chi connectivity index (χ3v) is 3.88. The minimum absolute atomic E-state index is 0.240. The molecule has 0 bridgehead atoms. The number of amides is 2. The van der Waals surface area contributed by atoms with Crippen LogP contribution in [0.1, 0.15) is 24.2 Å². The molecule has 0 aliphatic carbocycles. The number of hydrogen-bond acceptors (Lipinski definition) is 4. The Kier molecular flexibility index (Phi) is 7.35. The molecule has 2 rings (SSSR count). The summed E-state index contributed by atoms with van der Waals surface area (Å²) in [6.45, 7) is 2.50. The van der Waals surface area contributed by atoms with E-state index in [1.54, 1.807) is 13.8 Å². The van der Waals surface area contributed by atoms with Crippen molar-refractivity contribution in [2.24, 2.45) is 5.92 Å². The first-order valence-electron chi connectivity index (χ1n) is 8.66. The van der Waals surface area contributed by atoms with Crippen LogP contribution in [0.3, 0.4) is 0 Å². The van der Waals surface area contributed by atoms with Gasteiger partial charge in [0.05, 0.1) is 11.3 Å². The molecule has 1 atom stereocenters. The Morgan fingerprint density at radius 1 is 1.00 bits per heavy atom. The Morgan fingerprint density at radius 2 is 1.69 bits per heavy atom. The smallest absolute Gasteiger partial charge is 0.329 e. The van der Waals surface area contributed by atoms with Crippen molar-refractivity contribution >= 4 is 23.5 Å². The molecule has 2 amide bonds. The Balaban J connectivity index is 1.96. The molecule has 0 saturated carbocycles. The van der Waals surface area contributed by atoms with E-state index in [0.717, 1.165) is 18.2 Å². The van der Waals surface area contributed by atoms with Crippen LogP contribution < -0.4 is 10.6 Å². The molecule has 0 heterocycles. The lowest BCUT2D eigenvalue weighted by molar-refractivity contribution is -0.150. The minimum Gasteiger partial charge on any atom is -0.454 e. The number of hydrogen-bond donors (Lipinski definition) is 2. The number of esters is 1. The van der Waals surface area contributed by atoms with Crippen molar-refractivity contribution in [3.05, 3.63) is 65.5 Å². The van der Waals surface area contributed by atoms with Crippen molar-refractivity contribution in [3.8, 4) is 0 Å². The zero-order chi connectivity index (χ0) is 21.6. The zero-order valence-corrected chi connectivity index (χ0v) is 15.7. The molecule has 154 valence electrons. The van der Waals surface area contributed by atoms with Crippen molar-refractivity contribution in [1.29, 1.82) is 0 Å². The number of carbonyl (C=O) groups is 3. The van der Waals surface area contributed by atoms with Crippen molar-refractivity contribution in [3.63, 3.8) is 0 Å². The molecule has 9 heteroatoms. The van der Waals surface area contributed by atoms with Gasteiger partial charge in [-0.3, -0.25) is 9.59 Å². The number of anilines is 1. The second-order valence-corrected chi connectivity index (χ2v) is 6.46. The van der Waals surface area contributed by atoms with Crippen molar-refractivity contribution < 1.29 is 32.3 Å². The molecular weight excluding hydrogens is 389 g/mol. The summed E-state index contributed by atoms with van der Waals surface area (Å²) in [6, 6.07) is 6.69. The topological polar surface area (TPSA) is 84.5 Å². The summed E-state index contributed by atoms with van der Waals surface area (Å²) in [4.78, 5) is 36.3. The summed E-state index contributed by atoms with van der Waals surface area (Å²) in [5, 5.41) is 4.52. The zero-order valence-electron chi connectivity index (χ0n) is 15.7. The number of nitrogens with one attached hydrogen (secondary N) is 2. The van der Waals surface area contributed by atoms with E-state index in [1.807, 2.05) is 0 Å². The van der Waals surface area contributed by atoms with Gasteiger partial charge in [-0.1, -0.05) is 26.0 Å². The van der Waals surface area contributed by atoms with Crippen LogP contribution in [0, 0.1) is 23.4 Å². The Bertz CT molecular complexity index is 918. The van der Waals surface area contributed by atoms with E-state index in [2.05, 4.69) is 10.6 Å². The Morgan fingerprint density at radius 3 is 2.31 bits per heavy atom. The number of benzene rings is 2. The summed E-state index contributed by atoms with van der Waals surface area (Å²) in [7, 11) is 0. The number of carbonyl (C=O) groups excluding carboxylic acids is 3. The fourth-order valence-electron chi connectivity index (χ4n) is 2.37. The predicted octanol–water partition coefficient (Wildman–Crippen LogP) is 3.04. The number of halogens is 3. The predicted molar refractivity (Wildman–Crippen MR) is 98.4 cm³/mol. The van der Waals surface area contributed by atoms with Crippen LogP contribution >= 0.6 is 0 Å². The molecule has 2 aromatic rings. The van der Waals surface area contributed by atoms with Crippen LogP contribution in [0.25, 0.3) is 0 Å². The summed E-state index contributed by atoms with van der Waals surface area (Å²) >= 11 is 0. The maximum absolute atomic E-state index is 13.7. The maximum Gasteiger partial charge on any atom is 0.329 e. The van der Waals surface area contributed by atoms with Crippen molar-refractivity contribution in [2.45, 2.75) is 19.9 Å². The van der Waals surface area contributed by atoms with E-state index >= 15 is 0 Å². The molecule has 0 radical (unpaired) electrons. The highest BCUT2D eigenvalue weighted by molar-refractivity contribution is 5.97. The molecular formula is C20H19F3N2O4. The summed E-state index contributed by atoms with van der Waals surface area (Å²) in [5.74, 6) is -5.54. The summed E-state index contributed by atoms with van der Waals surface area (Å²) in [5.41, 5.74) is -0.517. The van der Waals surface area contributed by atoms with Gasteiger partial charge in [0.2, 0.25) is 0 Å². The van der Waals surface area contributed by atoms with Gasteiger partial charge >= 0.3 is 5.97 Å². The molecule has 0 aliphatic rings. The maximum atomic E-state index is 13.7. The lowest BCUT2D eigenvalue weighted by Crippen LogP contribution is -2.46. The van der Waals surface area contributed by atoms with E-state index in [-0.39, 0.29) is 11.3 Å². The highest BCUT2D eigenvalue weighted by atomic mass is 19.1. The van der Waals surface area contributed by atoms with E-state index in [9.17, 15) is 27.6 Å². The molecule has 0 spiro atoms. The van der Waals surface area contributed by atoms with Crippen LogP contribution in [0.4, 0.5) is 18.9 Å².